The van der Waals surface area contributed by atoms with E-state index >= 15 is 0 Å². The fourth-order valence-corrected chi connectivity index (χ4v) is 3.63. The molecule has 2 aromatic rings. The molecule has 0 aliphatic carbocycles. The molecule has 0 spiro atoms. The van der Waals surface area contributed by atoms with E-state index in [1.807, 2.05) is 64.2 Å². The standard InChI is InChI=1S/C22H26B2N2O2/c1-7-12-18-17(11-5)22(26(24-28)20(18)14-9-3)21-15(6)16(10-4)19(13-8-2)25(21)23-27/h7-14,27-28H,4-5H2,1-3,6H3/b12-7-,13-8-,14-9-. The van der Waals surface area contributed by atoms with E-state index in [1.165, 1.54) is 0 Å². The first kappa shape index (κ1) is 21.6. The van der Waals surface area contributed by atoms with Crippen molar-refractivity contribution in [2.24, 2.45) is 0 Å². The number of allylic oxidation sites excluding steroid dienone is 3. The second kappa shape index (κ2) is 9.49. The van der Waals surface area contributed by atoms with E-state index in [-0.39, 0.29) is 0 Å². The van der Waals surface area contributed by atoms with Crippen molar-refractivity contribution >= 4 is 45.6 Å². The molecule has 0 unspecified atom stereocenters. The Bertz CT molecular complexity index is 976. The van der Waals surface area contributed by atoms with Crippen molar-refractivity contribution in [3.63, 3.8) is 0 Å². The van der Waals surface area contributed by atoms with Crippen molar-refractivity contribution < 1.29 is 10.0 Å². The van der Waals surface area contributed by atoms with E-state index in [1.54, 1.807) is 21.1 Å². The highest BCUT2D eigenvalue weighted by atomic mass is 16.2. The van der Waals surface area contributed by atoms with Gasteiger partial charge in [-0.05, 0) is 45.4 Å². The van der Waals surface area contributed by atoms with Crippen molar-refractivity contribution in [2.75, 3.05) is 0 Å². The lowest BCUT2D eigenvalue weighted by Crippen LogP contribution is -2.15. The first-order valence-corrected chi connectivity index (χ1v) is 9.17. The Morgan fingerprint density at radius 1 is 0.714 bits per heavy atom. The molecule has 0 aromatic carbocycles. The monoisotopic (exact) mass is 372 g/mol. The van der Waals surface area contributed by atoms with Crippen LogP contribution in [0, 0.1) is 6.92 Å². The van der Waals surface area contributed by atoms with Gasteiger partial charge in [0.15, 0.2) is 0 Å². The van der Waals surface area contributed by atoms with Gasteiger partial charge in [0.1, 0.15) is 0 Å². The van der Waals surface area contributed by atoms with Gasteiger partial charge in [-0.1, -0.05) is 49.6 Å². The van der Waals surface area contributed by atoms with Crippen LogP contribution in [0.4, 0.5) is 0 Å². The molecule has 0 atom stereocenters. The van der Waals surface area contributed by atoms with Gasteiger partial charge in [-0.3, -0.25) is 0 Å². The zero-order valence-corrected chi connectivity index (χ0v) is 17.0. The van der Waals surface area contributed by atoms with Crippen LogP contribution in [0.5, 0.6) is 0 Å². The number of aromatic nitrogens is 2. The van der Waals surface area contributed by atoms with Crippen molar-refractivity contribution in [3.8, 4) is 11.4 Å². The number of hydrogen-bond acceptors (Lipinski definition) is 2. The molecule has 2 aromatic heterocycles. The van der Waals surface area contributed by atoms with Crippen molar-refractivity contribution in [1.29, 1.82) is 0 Å². The van der Waals surface area contributed by atoms with Gasteiger partial charge in [0.2, 0.25) is 0 Å². The zero-order chi connectivity index (χ0) is 20.8. The van der Waals surface area contributed by atoms with Crippen LogP contribution in [0.3, 0.4) is 0 Å². The van der Waals surface area contributed by atoms with E-state index in [4.69, 9.17) is 0 Å². The molecule has 142 valence electrons. The fourth-order valence-electron chi connectivity index (χ4n) is 3.63. The first-order valence-electron chi connectivity index (χ1n) is 9.17. The summed E-state index contributed by atoms with van der Waals surface area (Å²) >= 11 is 0. The van der Waals surface area contributed by atoms with Crippen LogP contribution in [0.15, 0.2) is 31.4 Å². The van der Waals surface area contributed by atoms with Crippen LogP contribution < -0.4 is 0 Å². The fraction of sp³-hybridized carbons (Fsp3) is 0.182. The molecule has 2 heterocycles. The SMILES string of the molecule is C=Cc1c(C)c(-c2c(C=C)c(/C=C\C)c(/C=C\C)n2[B]O)n([B]O)c1/C=C\C. The lowest BCUT2D eigenvalue weighted by atomic mass is 10.0. The summed E-state index contributed by atoms with van der Waals surface area (Å²) in [6.07, 6.45) is 15.2. The summed E-state index contributed by atoms with van der Waals surface area (Å²) < 4.78 is 3.41. The predicted octanol–water partition coefficient (Wildman–Crippen LogP) is 4.40. The number of nitrogens with zero attached hydrogens (tertiary/aromatic N) is 2. The minimum atomic E-state index is 0.736. The van der Waals surface area contributed by atoms with Gasteiger partial charge in [-0.15, -0.1) is 0 Å². The minimum Gasteiger partial charge on any atom is -0.435 e. The molecule has 0 amide bonds. The van der Waals surface area contributed by atoms with Gasteiger partial charge < -0.3 is 19.0 Å². The highest BCUT2D eigenvalue weighted by molar-refractivity contribution is 6.28. The second-order valence-corrected chi connectivity index (χ2v) is 6.21. The highest BCUT2D eigenvalue weighted by Gasteiger charge is 2.26. The summed E-state index contributed by atoms with van der Waals surface area (Å²) in [6, 6.07) is 0. The van der Waals surface area contributed by atoms with Gasteiger partial charge in [-0.25, -0.2) is 0 Å². The molecule has 0 bridgehead atoms. The van der Waals surface area contributed by atoms with Crippen LogP contribution in [0.1, 0.15) is 54.4 Å². The lowest BCUT2D eigenvalue weighted by molar-refractivity contribution is 0.585. The topological polar surface area (TPSA) is 50.3 Å². The first-order chi connectivity index (χ1) is 13.6. The smallest absolute Gasteiger partial charge is 0.435 e. The average molecular weight is 372 g/mol. The van der Waals surface area contributed by atoms with E-state index in [0.29, 0.717) is 0 Å². The normalized spacial score (nSPS) is 11.8. The summed E-state index contributed by atoms with van der Waals surface area (Å²) in [5.41, 5.74) is 6.79. The Hall–Kier alpha value is -2.69. The van der Waals surface area contributed by atoms with Crippen LogP contribution in [-0.4, -0.2) is 34.2 Å². The molecule has 0 saturated heterocycles. The molecule has 6 heteroatoms. The Morgan fingerprint density at radius 2 is 1.18 bits per heavy atom. The Labute approximate surface area is 169 Å². The predicted molar refractivity (Wildman–Crippen MR) is 124 cm³/mol. The third-order valence-corrected chi connectivity index (χ3v) is 4.70. The van der Waals surface area contributed by atoms with Crippen LogP contribution >= 0.6 is 0 Å². The zero-order valence-electron chi connectivity index (χ0n) is 17.0. The summed E-state index contributed by atoms with van der Waals surface area (Å²) in [5.74, 6) is 0. The van der Waals surface area contributed by atoms with Gasteiger partial charge in [0, 0.05) is 28.1 Å². The number of rotatable bonds is 8. The van der Waals surface area contributed by atoms with Gasteiger partial charge in [0.05, 0.1) is 11.4 Å². The minimum absolute atomic E-state index is 0.736. The van der Waals surface area contributed by atoms with Gasteiger partial charge in [0.25, 0.3) is 0 Å². The Morgan fingerprint density at radius 3 is 1.61 bits per heavy atom. The largest absolute Gasteiger partial charge is 0.441 e. The Balaban J connectivity index is 3.10. The summed E-state index contributed by atoms with van der Waals surface area (Å²) in [5, 5.41) is 20.2. The molecule has 2 N–H and O–H groups in total. The van der Waals surface area contributed by atoms with E-state index in [2.05, 4.69) is 13.2 Å². The molecule has 0 fully saturated rings. The summed E-state index contributed by atoms with van der Waals surface area (Å²) in [7, 11) is 2.08. The van der Waals surface area contributed by atoms with Crippen LogP contribution in [0.2, 0.25) is 0 Å². The van der Waals surface area contributed by atoms with Crippen molar-refractivity contribution in [3.05, 3.63) is 65.0 Å². The van der Waals surface area contributed by atoms with E-state index in [9.17, 15) is 10.0 Å². The molecule has 4 nitrogen and oxygen atoms in total. The molecule has 0 saturated carbocycles. The lowest BCUT2D eigenvalue weighted by Gasteiger charge is -2.13. The molecule has 2 radical (unpaired) electrons. The van der Waals surface area contributed by atoms with Gasteiger partial charge >= 0.3 is 15.2 Å². The molecule has 2 rings (SSSR count). The maximum absolute atomic E-state index is 10.1. The summed E-state index contributed by atoms with van der Waals surface area (Å²) in [4.78, 5) is 0. The van der Waals surface area contributed by atoms with E-state index < -0.39 is 0 Å². The maximum atomic E-state index is 10.1. The van der Waals surface area contributed by atoms with Crippen LogP contribution in [0.25, 0.3) is 41.8 Å². The highest BCUT2D eigenvalue weighted by Crippen LogP contribution is 2.39. The maximum Gasteiger partial charge on any atom is 0.441 e. The van der Waals surface area contributed by atoms with E-state index in [0.717, 1.165) is 60.3 Å². The molecule has 28 heavy (non-hydrogen) atoms. The summed E-state index contributed by atoms with van der Waals surface area (Å²) in [6.45, 7) is 15.7. The molecular formula is C22H26B2N2O2. The number of hydrogen-bond donors (Lipinski definition) is 2. The van der Waals surface area contributed by atoms with Crippen molar-refractivity contribution in [2.45, 2.75) is 27.7 Å². The third kappa shape index (κ3) is 3.41. The van der Waals surface area contributed by atoms with Crippen molar-refractivity contribution in [1.82, 2.24) is 8.96 Å². The second-order valence-electron chi connectivity index (χ2n) is 6.21. The molecule has 0 aliphatic rings. The Kier molecular flexibility index (Phi) is 7.32. The van der Waals surface area contributed by atoms with Gasteiger partial charge in [-0.2, -0.15) is 0 Å². The molecule has 0 aliphatic heterocycles. The third-order valence-electron chi connectivity index (χ3n) is 4.70. The molecular weight excluding hydrogens is 346 g/mol. The average Bonchev–Trinajstić information content (AvgIpc) is 3.13. The quantitative estimate of drug-likeness (QED) is 0.675. The van der Waals surface area contributed by atoms with Crippen LogP contribution in [-0.2, 0) is 0 Å².